The second-order valence-corrected chi connectivity index (χ2v) is 7.93. The minimum Gasteiger partial charge on any atom is -0.481 e. The van der Waals surface area contributed by atoms with E-state index < -0.39 is 5.97 Å². The topological polar surface area (TPSA) is 37.3 Å². The van der Waals surface area contributed by atoms with Crippen LogP contribution in [0.1, 0.15) is 31.7 Å². The van der Waals surface area contributed by atoms with E-state index >= 15 is 0 Å². The number of thiophene rings is 1. The molecule has 2 nitrogen and oxygen atoms in total. The largest absolute Gasteiger partial charge is 0.481 e. The summed E-state index contributed by atoms with van der Waals surface area (Å²) in [6.07, 6.45) is 3.42. The van der Waals surface area contributed by atoms with Gasteiger partial charge in [-0.15, -0.1) is 11.3 Å². The Morgan fingerprint density at radius 1 is 1.69 bits per heavy atom. The summed E-state index contributed by atoms with van der Waals surface area (Å²) in [5, 5.41) is 8.92. The number of halogens is 2. The molecule has 0 aromatic carbocycles. The monoisotopic (exact) mass is 416 g/mol. The molecule has 0 spiro atoms. The van der Waals surface area contributed by atoms with Crippen LogP contribution in [0.25, 0.3) is 0 Å². The zero-order chi connectivity index (χ0) is 12.1. The maximum absolute atomic E-state index is 10.8. The number of aliphatic carboxylic acids is 1. The number of hydrogen-bond donors (Lipinski definition) is 1. The lowest BCUT2D eigenvalue weighted by Crippen LogP contribution is -2.12. The smallest absolute Gasteiger partial charge is 0.306 e. The van der Waals surface area contributed by atoms with Gasteiger partial charge < -0.3 is 5.11 Å². The summed E-state index contributed by atoms with van der Waals surface area (Å²) in [7, 11) is 0. The Morgan fingerprint density at radius 3 is 2.81 bits per heavy atom. The third-order valence-electron chi connectivity index (χ3n) is 2.57. The van der Waals surface area contributed by atoms with Crippen molar-refractivity contribution in [1.82, 2.24) is 0 Å². The van der Waals surface area contributed by atoms with Crippen LogP contribution < -0.4 is 0 Å². The average Bonchev–Trinajstić information content (AvgIpc) is 2.52. The van der Waals surface area contributed by atoms with Crippen LogP contribution in [0.2, 0.25) is 0 Å². The number of aryl methyl sites for hydroxylation is 1. The Balaban J connectivity index is 2.40. The minimum absolute atomic E-state index is 0.181. The van der Waals surface area contributed by atoms with Gasteiger partial charge in [0.15, 0.2) is 0 Å². The Labute approximate surface area is 122 Å². The van der Waals surface area contributed by atoms with Crippen LogP contribution in [-0.2, 0) is 11.2 Å². The van der Waals surface area contributed by atoms with Gasteiger partial charge in [-0.3, -0.25) is 4.79 Å². The van der Waals surface area contributed by atoms with Crippen LogP contribution in [0.15, 0.2) is 9.85 Å². The third-order valence-corrected chi connectivity index (χ3v) is 5.39. The van der Waals surface area contributed by atoms with E-state index in [1.807, 2.05) is 6.92 Å². The van der Waals surface area contributed by atoms with Gasteiger partial charge in [0.2, 0.25) is 0 Å². The molecule has 16 heavy (non-hydrogen) atoms. The maximum atomic E-state index is 10.8. The summed E-state index contributed by atoms with van der Waals surface area (Å²) < 4.78 is 2.45. The molecular weight excluding hydrogens is 403 g/mol. The van der Waals surface area contributed by atoms with Crippen molar-refractivity contribution in [3.8, 4) is 0 Å². The third kappa shape index (κ3) is 4.33. The molecular formula is C11H14BrIO2S. The molecule has 0 bridgehead atoms. The van der Waals surface area contributed by atoms with Gasteiger partial charge in [0.05, 0.1) is 12.6 Å². The van der Waals surface area contributed by atoms with E-state index in [0.29, 0.717) is 0 Å². The van der Waals surface area contributed by atoms with Gasteiger partial charge in [-0.25, -0.2) is 0 Å². The van der Waals surface area contributed by atoms with Crippen LogP contribution in [-0.4, -0.2) is 11.1 Å². The first-order valence-electron chi connectivity index (χ1n) is 5.21. The molecule has 0 saturated heterocycles. The number of rotatable bonds is 6. The summed E-state index contributed by atoms with van der Waals surface area (Å²) in [6.45, 7) is 1.93. The number of carboxylic acids is 1. The minimum atomic E-state index is -0.663. The Bertz CT molecular complexity index is 365. The first-order chi connectivity index (χ1) is 7.54. The van der Waals surface area contributed by atoms with Crippen molar-refractivity contribution in [3.05, 3.63) is 18.3 Å². The van der Waals surface area contributed by atoms with E-state index in [0.717, 1.165) is 29.5 Å². The normalized spacial score (nSPS) is 12.7. The zero-order valence-corrected chi connectivity index (χ0v) is 13.6. The van der Waals surface area contributed by atoms with Gasteiger partial charge in [0, 0.05) is 0 Å². The lowest BCUT2D eigenvalue weighted by atomic mass is 9.98. The van der Waals surface area contributed by atoms with E-state index in [9.17, 15) is 4.79 Å². The zero-order valence-electron chi connectivity index (χ0n) is 9.00. The molecule has 1 heterocycles. The van der Waals surface area contributed by atoms with Gasteiger partial charge in [0.1, 0.15) is 0 Å². The van der Waals surface area contributed by atoms with Crippen molar-refractivity contribution in [2.45, 2.75) is 32.6 Å². The molecule has 0 amide bonds. The predicted octanol–water partition coefficient (Wildman–Crippen LogP) is 4.55. The molecule has 1 rings (SSSR count). The van der Waals surface area contributed by atoms with Gasteiger partial charge >= 0.3 is 5.97 Å². The molecule has 0 fully saturated rings. The van der Waals surface area contributed by atoms with Crippen LogP contribution >= 0.6 is 49.9 Å². The number of hydrogen-bond acceptors (Lipinski definition) is 2. The highest BCUT2D eigenvalue weighted by Crippen LogP contribution is 2.29. The maximum Gasteiger partial charge on any atom is 0.306 e. The van der Waals surface area contributed by atoms with E-state index in [2.05, 4.69) is 44.6 Å². The van der Waals surface area contributed by atoms with Gasteiger partial charge in [-0.1, -0.05) is 6.92 Å². The van der Waals surface area contributed by atoms with Gasteiger partial charge in [-0.05, 0) is 75.8 Å². The standard InChI is InChI=1S/C11H14BrIO2S/c1-2-7(11(14)15)4-3-5-8-6-9(12)16-10(8)13/h6-7H,2-5H2,1H3,(H,14,15). The van der Waals surface area contributed by atoms with Crippen molar-refractivity contribution in [2.75, 3.05) is 0 Å². The molecule has 1 aromatic rings. The second-order valence-electron chi connectivity index (χ2n) is 3.69. The molecule has 90 valence electrons. The summed E-state index contributed by atoms with van der Waals surface area (Å²) in [5.74, 6) is -0.844. The number of carboxylic acid groups (broad SMARTS) is 1. The highest BCUT2D eigenvalue weighted by Gasteiger charge is 2.14. The van der Waals surface area contributed by atoms with Crippen LogP contribution in [0.5, 0.6) is 0 Å². The fraction of sp³-hybridized carbons (Fsp3) is 0.545. The first-order valence-corrected chi connectivity index (χ1v) is 7.90. The summed E-state index contributed by atoms with van der Waals surface area (Å²) in [6, 6.07) is 2.13. The predicted molar refractivity (Wildman–Crippen MR) is 79.1 cm³/mol. The Hall–Kier alpha value is 0.380. The van der Waals surface area contributed by atoms with Crippen LogP contribution in [0.3, 0.4) is 0 Å². The Kier molecular flexibility index (Phi) is 6.28. The SMILES string of the molecule is CCC(CCCc1cc(Br)sc1I)C(=O)O. The molecule has 1 atom stereocenters. The van der Waals surface area contributed by atoms with Crippen molar-refractivity contribution < 1.29 is 9.90 Å². The molecule has 0 aliphatic heterocycles. The molecule has 5 heteroatoms. The first kappa shape index (κ1) is 14.4. The lowest BCUT2D eigenvalue weighted by Gasteiger charge is -2.08. The number of carbonyl (C=O) groups is 1. The Morgan fingerprint density at radius 2 is 2.38 bits per heavy atom. The van der Waals surface area contributed by atoms with E-state index in [1.54, 1.807) is 11.3 Å². The summed E-state index contributed by atoms with van der Waals surface area (Å²) in [5.41, 5.74) is 1.33. The molecule has 0 saturated carbocycles. The fourth-order valence-electron chi connectivity index (χ4n) is 1.59. The van der Waals surface area contributed by atoms with E-state index in [-0.39, 0.29) is 5.92 Å². The molecule has 1 N–H and O–H groups in total. The van der Waals surface area contributed by atoms with Crippen molar-refractivity contribution in [2.24, 2.45) is 5.92 Å². The van der Waals surface area contributed by atoms with Gasteiger partial charge in [0.25, 0.3) is 0 Å². The average molecular weight is 417 g/mol. The molecule has 1 aromatic heterocycles. The summed E-state index contributed by atoms with van der Waals surface area (Å²) >= 11 is 7.52. The summed E-state index contributed by atoms with van der Waals surface area (Å²) in [4.78, 5) is 10.8. The quantitative estimate of drug-likeness (QED) is 0.690. The fourth-order valence-corrected chi connectivity index (χ4v) is 5.06. The van der Waals surface area contributed by atoms with E-state index in [4.69, 9.17) is 5.11 Å². The van der Waals surface area contributed by atoms with Crippen molar-refractivity contribution >= 4 is 55.8 Å². The van der Waals surface area contributed by atoms with Gasteiger partial charge in [-0.2, -0.15) is 0 Å². The molecule has 0 radical (unpaired) electrons. The highest BCUT2D eigenvalue weighted by atomic mass is 127. The second kappa shape index (κ2) is 6.96. The van der Waals surface area contributed by atoms with Crippen molar-refractivity contribution in [3.63, 3.8) is 0 Å². The molecule has 0 aliphatic rings. The highest BCUT2D eigenvalue weighted by molar-refractivity contribution is 14.1. The van der Waals surface area contributed by atoms with Crippen molar-refractivity contribution in [1.29, 1.82) is 0 Å². The van der Waals surface area contributed by atoms with Crippen LogP contribution in [0, 0.1) is 8.80 Å². The lowest BCUT2D eigenvalue weighted by molar-refractivity contribution is -0.142. The van der Waals surface area contributed by atoms with E-state index in [1.165, 1.54) is 8.45 Å². The van der Waals surface area contributed by atoms with Crippen LogP contribution in [0.4, 0.5) is 0 Å². The molecule has 0 aliphatic carbocycles. The molecule has 1 unspecified atom stereocenters.